The van der Waals surface area contributed by atoms with Crippen LogP contribution in [0.25, 0.3) is 55.2 Å². The molecule has 4 aromatic carbocycles. The number of aromatic carboxylic acids is 1. The number of nitrogens with one attached hydrogen (secondary N) is 2. The van der Waals surface area contributed by atoms with E-state index >= 15 is 0 Å². The highest BCUT2D eigenvalue weighted by molar-refractivity contribution is 6.08. The number of aromatic hydroxyl groups is 1. The largest absolute Gasteiger partial charge is 0.507 e. The first-order valence-corrected chi connectivity index (χ1v) is 15.7. The lowest BCUT2D eigenvalue weighted by molar-refractivity contribution is 0.0697. The molecule has 2 aromatic heterocycles. The van der Waals surface area contributed by atoms with Crippen LogP contribution in [-0.2, 0) is 13.1 Å². The topological polar surface area (TPSA) is 138 Å². The van der Waals surface area contributed by atoms with Crippen LogP contribution in [0.15, 0.2) is 131 Å². The molecule has 9 nitrogen and oxygen atoms in total. The zero-order chi connectivity index (χ0) is 33.5. The van der Waals surface area contributed by atoms with Gasteiger partial charge in [0.25, 0.3) is 0 Å². The molecule has 2 aliphatic rings. The Balaban J connectivity index is 1.33. The molecule has 6 aromatic rings. The Hall–Kier alpha value is -6.74. The highest BCUT2D eigenvalue weighted by atomic mass is 16.4. The van der Waals surface area contributed by atoms with Crippen molar-refractivity contribution >= 4 is 50.1 Å². The molecule has 49 heavy (non-hydrogen) atoms. The summed E-state index contributed by atoms with van der Waals surface area (Å²) in [6.45, 7) is 0.259. The van der Waals surface area contributed by atoms with Crippen LogP contribution in [0.2, 0.25) is 0 Å². The van der Waals surface area contributed by atoms with Crippen LogP contribution in [0.1, 0.15) is 21.5 Å². The van der Waals surface area contributed by atoms with Crippen LogP contribution in [-0.4, -0.2) is 26.2 Å². The first-order valence-electron chi connectivity index (χ1n) is 15.7. The molecule has 0 fully saturated rings. The molecule has 8 rings (SSSR count). The molecule has 1 aliphatic carbocycles. The molecule has 9 heteroatoms. The Bertz CT molecular complexity index is 2590. The molecule has 1 aliphatic heterocycles. The fraction of sp³-hybridized carbons (Fsp3) is 0.0500. The summed E-state index contributed by atoms with van der Waals surface area (Å²) in [7, 11) is 0. The number of phenolic OH excluding ortho intramolecular Hbond substituents is 1. The van der Waals surface area contributed by atoms with Gasteiger partial charge >= 0.3 is 5.97 Å². The van der Waals surface area contributed by atoms with E-state index in [2.05, 4.69) is 20.6 Å². The van der Waals surface area contributed by atoms with E-state index in [1.807, 2.05) is 60.7 Å². The van der Waals surface area contributed by atoms with Crippen LogP contribution in [0, 0.1) is 0 Å². The lowest BCUT2D eigenvalue weighted by Gasteiger charge is -2.21. The van der Waals surface area contributed by atoms with Gasteiger partial charge in [-0.15, -0.1) is 0 Å². The molecule has 0 amide bonds. The van der Waals surface area contributed by atoms with Crippen molar-refractivity contribution in [2.45, 2.75) is 13.1 Å². The van der Waals surface area contributed by atoms with Gasteiger partial charge in [-0.05, 0) is 60.2 Å². The predicted octanol–water partition coefficient (Wildman–Crippen LogP) is 8.29. The molecular formula is C40H28N4O5. The molecule has 0 saturated carbocycles. The normalized spacial score (nSPS) is 11.3. The minimum absolute atomic E-state index is 0.0199. The molecule has 0 unspecified atom stereocenters. The number of carboxylic acid groups (broad SMARTS) is 1. The third-order valence-electron chi connectivity index (χ3n) is 8.80. The van der Waals surface area contributed by atoms with Crippen LogP contribution >= 0.6 is 0 Å². The fourth-order valence-corrected chi connectivity index (χ4v) is 6.48. The Morgan fingerprint density at radius 1 is 0.673 bits per heavy atom. The molecule has 0 atom stereocenters. The highest BCUT2D eigenvalue weighted by Gasteiger charge is 2.26. The summed E-state index contributed by atoms with van der Waals surface area (Å²) in [5.41, 5.74) is 5.60. The number of anilines is 2. The molecule has 3 heterocycles. The average molecular weight is 645 g/mol. The van der Waals surface area contributed by atoms with Crippen LogP contribution < -0.4 is 16.1 Å². The molecule has 238 valence electrons. The Morgan fingerprint density at radius 2 is 1.31 bits per heavy atom. The van der Waals surface area contributed by atoms with E-state index < -0.39 is 5.97 Å². The second-order valence-corrected chi connectivity index (χ2v) is 11.7. The molecule has 0 radical (unpaired) electrons. The summed E-state index contributed by atoms with van der Waals surface area (Å²) in [4.78, 5) is 35.1. The lowest BCUT2D eigenvalue weighted by Crippen LogP contribution is -2.15. The van der Waals surface area contributed by atoms with Crippen molar-refractivity contribution in [1.82, 2.24) is 9.97 Å². The van der Waals surface area contributed by atoms with Gasteiger partial charge in [-0.2, -0.15) is 0 Å². The van der Waals surface area contributed by atoms with Gasteiger partial charge in [0.1, 0.15) is 17.1 Å². The third-order valence-corrected chi connectivity index (χ3v) is 8.80. The van der Waals surface area contributed by atoms with Gasteiger partial charge < -0.3 is 25.3 Å². The van der Waals surface area contributed by atoms with E-state index in [1.54, 1.807) is 54.9 Å². The monoisotopic (exact) mass is 644 g/mol. The molecular weight excluding hydrogens is 616 g/mol. The zero-order valence-electron chi connectivity index (χ0n) is 26.0. The number of benzene rings is 5. The second kappa shape index (κ2) is 12.1. The lowest BCUT2D eigenvalue weighted by atomic mass is 9.88. The number of aromatic nitrogens is 2. The van der Waals surface area contributed by atoms with Gasteiger partial charge in [-0.25, -0.2) is 4.79 Å². The number of carbonyl (C=O) groups is 1. The standard InChI is InChI=1S/C40H28N4O5/c45-33-17-15-27-35(25-11-1-2-12-26(25)40(47)48)28-16-18-34(46)30(22-44-32-14-4-8-24-10-6-20-42-37(24)32)39(28)49-38(27)29(33)21-43-31-13-3-7-23-9-5-19-41-36(23)31/h1-20,43-45H,21-22H2,(H,47,48). The third kappa shape index (κ3) is 5.23. The number of hydrogen-bond acceptors (Lipinski definition) is 8. The summed E-state index contributed by atoms with van der Waals surface area (Å²) in [6, 6.07) is 32.5. The first-order chi connectivity index (χ1) is 24.0. The highest BCUT2D eigenvalue weighted by Crippen LogP contribution is 2.45. The maximum absolute atomic E-state index is 13.6. The maximum atomic E-state index is 13.6. The summed E-state index contributed by atoms with van der Waals surface area (Å²) < 4.78 is 6.67. The Kier molecular flexibility index (Phi) is 7.34. The minimum Gasteiger partial charge on any atom is -0.507 e. The van der Waals surface area contributed by atoms with Crippen LogP contribution in [0.4, 0.5) is 11.4 Å². The van der Waals surface area contributed by atoms with E-state index in [9.17, 15) is 19.8 Å². The fourth-order valence-electron chi connectivity index (χ4n) is 6.48. The summed E-state index contributed by atoms with van der Waals surface area (Å²) >= 11 is 0. The summed E-state index contributed by atoms with van der Waals surface area (Å²) in [6.07, 6.45) is 3.44. The Labute approximate surface area is 279 Å². The van der Waals surface area contributed by atoms with Gasteiger partial charge in [0.05, 0.1) is 39.1 Å². The smallest absolute Gasteiger partial charge is 0.336 e. The van der Waals surface area contributed by atoms with Crippen molar-refractivity contribution in [3.8, 4) is 28.2 Å². The molecule has 0 bridgehead atoms. The number of rotatable bonds is 8. The van der Waals surface area contributed by atoms with Gasteiger partial charge in [0, 0.05) is 52.8 Å². The number of hydrogen-bond donors (Lipinski definition) is 4. The predicted molar refractivity (Wildman–Crippen MR) is 191 cm³/mol. The quantitative estimate of drug-likeness (QED) is 0.120. The molecule has 0 saturated heterocycles. The van der Waals surface area contributed by atoms with Crippen molar-refractivity contribution in [3.63, 3.8) is 0 Å². The SMILES string of the molecule is O=C(O)c1ccccc1-c1c2ccc(=O)c(CNc3cccc4cccnc34)c-2oc2c(CNc3cccc4cccnc34)c(O)ccc12. The number of nitrogens with zero attached hydrogens (tertiary/aromatic N) is 2. The molecule has 0 spiro atoms. The molecule has 4 N–H and O–H groups in total. The van der Waals surface area contributed by atoms with Crippen LogP contribution in [0.3, 0.4) is 0 Å². The number of phenols is 1. The summed E-state index contributed by atoms with van der Waals surface area (Å²) in [5, 5.41) is 30.8. The maximum Gasteiger partial charge on any atom is 0.336 e. The number of para-hydroxylation sites is 2. The van der Waals surface area contributed by atoms with Gasteiger partial charge in [-0.3, -0.25) is 14.8 Å². The van der Waals surface area contributed by atoms with E-state index in [-0.39, 0.29) is 35.6 Å². The van der Waals surface area contributed by atoms with E-state index in [4.69, 9.17) is 4.42 Å². The summed E-state index contributed by atoms with van der Waals surface area (Å²) in [5.74, 6) is -0.823. The average Bonchev–Trinajstić information content (AvgIpc) is 3.13. The van der Waals surface area contributed by atoms with Crippen molar-refractivity contribution in [3.05, 3.63) is 149 Å². The zero-order valence-corrected chi connectivity index (χ0v) is 26.0. The number of carboxylic acids is 1. The van der Waals surface area contributed by atoms with E-state index in [0.29, 0.717) is 38.8 Å². The van der Waals surface area contributed by atoms with Crippen LogP contribution in [0.5, 0.6) is 5.75 Å². The van der Waals surface area contributed by atoms with Gasteiger partial charge in [0.15, 0.2) is 5.43 Å². The number of fused-ring (bicyclic) bond motifs is 4. The van der Waals surface area contributed by atoms with Crippen molar-refractivity contribution in [2.75, 3.05) is 10.6 Å². The number of pyridine rings is 2. The van der Waals surface area contributed by atoms with Crippen molar-refractivity contribution < 1.29 is 19.4 Å². The van der Waals surface area contributed by atoms with Crippen molar-refractivity contribution in [1.29, 1.82) is 0 Å². The minimum atomic E-state index is -1.09. The van der Waals surface area contributed by atoms with Gasteiger partial charge in [0.2, 0.25) is 0 Å². The first kappa shape index (κ1) is 29.6. The Morgan fingerprint density at radius 3 is 1.98 bits per heavy atom. The van der Waals surface area contributed by atoms with E-state index in [0.717, 1.165) is 33.2 Å². The van der Waals surface area contributed by atoms with E-state index in [1.165, 1.54) is 6.07 Å². The van der Waals surface area contributed by atoms with Gasteiger partial charge in [-0.1, -0.05) is 54.6 Å². The van der Waals surface area contributed by atoms with Crippen molar-refractivity contribution in [2.24, 2.45) is 0 Å². The second-order valence-electron chi connectivity index (χ2n) is 11.7.